The van der Waals surface area contributed by atoms with Gasteiger partial charge >= 0.3 is 0 Å². The Morgan fingerprint density at radius 2 is 1.76 bits per heavy atom. The summed E-state index contributed by atoms with van der Waals surface area (Å²) in [6, 6.07) is 5.77. The Morgan fingerprint density at radius 3 is 2.29 bits per heavy atom. The summed E-state index contributed by atoms with van der Waals surface area (Å²) in [5.41, 5.74) is 1.95. The quantitative estimate of drug-likeness (QED) is 0.852. The molecule has 2 aromatic rings. The topological polar surface area (TPSA) is 52.6 Å². The summed E-state index contributed by atoms with van der Waals surface area (Å²) < 4.78 is 15.8. The van der Waals surface area contributed by atoms with E-state index in [2.05, 4.69) is 10.3 Å². The maximum absolute atomic E-state index is 5.31. The molecule has 0 bridgehead atoms. The first-order chi connectivity index (χ1) is 10.2. The second kappa shape index (κ2) is 7.40. The molecule has 2 rings (SSSR count). The molecule has 0 saturated heterocycles. The molecular weight excluding hydrogens is 288 g/mol. The second-order valence-corrected chi connectivity index (χ2v) is 5.54. The monoisotopic (exact) mass is 308 g/mol. The molecule has 0 aliphatic rings. The van der Waals surface area contributed by atoms with E-state index in [-0.39, 0.29) is 0 Å². The van der Waals surface area contributed by atoms with Crippen molar-refractivity contribution in [2.24, 2.45) is 0 Å². The summed E-state index contributed by atoms with van der Waals surface area (Å²) in [4.78, 5) is 5.86. The first-order valence-corrected chi connectivity index (χ1v) is 7.39. The Morgan fingerprint density at radius 1 is 1.10 bits per heavy atom. The standard InChI is InChI=1S/C15H20N2O3S/c1-16-8-14-13(9-18-2)17-15(21-14)10-5-11(19-3)7-12(6-10)20-4/h5-7,16H,8-9H2,1-4H3. The van der Waals surface area contributed by atoms with Crippen molar-refractivity contribution >= 4 is 11.3 Å². The summed E-state index contributed by atoms with van der Waals surface area (Å²) in [5.74, 6) is 1.51. The molecule has 5 nitrogen and oxygen atoms in total. The van der Waals surface area contributed by atoms with Crippen molar-refractivity contribution in [3.05, 3.63) is 28.8 Å². The highest BCUT2D eigenvalue weighted by molar-refractivity contribution is 7.15. The van der Waals surface area contributed by atoms with Crippen LogP contribution in [0.1, 0.15) is 10.6 Å². The number of nitrogens with zero attached hydrogens (tertiary/aromatic N) is 1. The summed E-state index contributed by atoms with van der Waals surface area (Å²) in [6.45, 7) is 1.28. The van der Waals surface area contributed by atoms with Gasteiger partial charge in [0.25, 0.3) is 0 Å². The summed E-state index contributed by atoms with van der Waals surface area (Å²) in [6.07, 6.45) is 0. The largest absolute Gasteiger partial charge is 0.497 e. The van der Waals surface area contributed by atoms with Crippen LogP contribution in [0.5, 0.6) is 11.5 Å². The minimum Gasteiger partial charge on any atom is -0.497 e. The Labute approximate surface area is 128 Å². The van der Waals surface area contributed by atoms with E-state index in [4.69, 9.17) is 14.2 Å². The summed E-state index contributed by atoms with van der Waals surface area (Å²) in [5, 5.41) is 4.09. The van der Waals surface area contributed by atoms with Gasteiger partial charge in [-0.2, -0.15) is 0 Å². The highest BCUT2D eigenvalue weighted by Crippen LogP contribution is 2.33. The van der Waals surface area contributed by atoms with Crippen LogP contribution in [0.3, 0.4) is 0 Å². The molecule has 0 aliphatic carbocycles. The molecule has 1 heterocycles. The third-order valence-corrected chi connectivity index (χ3v) is 4.14. The van der Waals surface area contributed by atoms with Crippen molar-refractivity contribution in [3.63, 3.8) is 0 Å². The number of hydrogen-bond acceptors (Lipinski definition) is 6. The van der Waals surface area contributed by atoms with Crippen LogP contribution in [-0.4, -0.2) is 33.4 Å². The van der Waals surface area contributed by atoms with Gasteiger partial charge in [0.2, 0.25) is 0 Å². The molecule has 6 heteroatoms. The van der Waals surface area contributed by atoms with Crippen molar-refractivity contribution in [2.45, 2.75) is 13.2 Å². The van der Waals surface area contributed by atoms with E-state index in [0.29, 0.717) is 6.61 Å². The van der Waals surface area contributed by atoms with Gasteiger partial charge in [0.15, 0.2) is 0 Å². The molecule has 0 atom stereocenters. The van der Waals surface area contributed by atoms with Gasteiger partial charge in [-0.05, 0) is 19.2 Å². The zero-order valence-corrected chi connectivity index (χ0v) is 13.5. The maximum atomic E-state index is 5.31. The summed E-state index contributed by atoms with van der Waals surface area (Å²) >= 11 is 1.65. The first kappa shape index (κ1) is 15.8. The molecule has 1 aromatic carbocycles. The van der Waals surface area contributed by atoms with E-state index in [1.807, 2.05) is 25.2 Å². The van der Waals surface area contributed by atoms with Gasteiger partial charge < -0.3 is 19.5 Å². The molecule has 0 radical (unpaired) electrons. The maximum Gasteiger partial charge on any atom is 0.124 e. The lowest BCUT2D eigenvalue weighted by Crippen LogP contribution is -2.06. The Bertz CT molecular complexity index is 553. The molecule has 114 valence electrons. The fourth-order valence-electron chi connectivity index (χ4n) is 1.99. The van der Waals surface area contributed by atoms with E-state index in [1.54, 1.807) is 32.7 Å². The molecule has 0 unspecified atom stereocenters. The lowest BCUT2D eigenvalue weighted by atomic mass is 10.2. The van der Waals surface area contributed by atoms with Crippen molar-refractivity contribution in [1.29, 1.82) is 0 Å². The Hall–Kier alpha value is -1.63. The number of methoxy groups -OCH3 is 3. The fraction of sp³-hybridized carbons (Fsp3) is 0.400. The van der Waals surface area contributed by atoms with Crippen LogP contribution in [0.2, 0.25) is 0 Å². The molecule has 1 N–H and O–H groups in total. The zero-order valence-electron chi connectivity index (χ0n) is 12.7. The highest BCUT2D eigenvalue weighted by Gasteiger charge is 2.13. The molecular formula is C15H20N2O3S. The van der Waals surface area contributed by atoms with Gasteiger partial charge in [-0.15, -0.1) is 11.3 Å². The predicted molar refractivity (Wildman–Crippen MR) is 84.1 cm³/mol. The van der Waals surface area contributed by atoms with Crippen LogP contribution in [-0.2, 0) is 17.9 Å². The van der Waals surface area contributed by atoms with Gasteiger partial charge in [0, 0.05) is 30.2 Å². The van der Waals surface area contributed by atoms with Crippen molar-refractivity contribution < 1.29 is 14.2 Å². The molecule has 21 heavy (non-hydrogen) atoms. The lowest BCUT2D eigenvalue weighted by molar-refractivity contribution is 0.181. The van der Waals surface area contributed by atoms with Gasteiger partial charge in [-0.25, -0.2) is 4.98 Å². The molecule has 1 aromatic heterocycles. The van der Waals surface area contributed by atoms with Gasteiger partial charge in [-0.1, -0.05) is 0 Å². The number of nitrogens with one attached hydrogen (secondary N) is 1. The van der Waals surface area contributed by atoms with Crippen molar-refractivity contribution in [1.82, 2.24) is 10.3 Å². The number of thiazole rings is 1. The number of rotatable bonds is 7. The van der Waals surface area contributed by atoms with E-state index >= 15 is 0 Å². The van der Waals surface area contributed by atoms with E-state index in [1.165, 1.54) is 4.88 Å². The molecule has 0 fully saturated rings. The van der Waals surface area contributed by atoms with Crippen molar-refractivity contribution in [2.75, 3.05) is 28.4 Å². The predicted octanol–water partition coefficient (Wildman–Crippen LogP) is 2.69. The number of ether oxygens (including phenoxy) is 3. The Balaban J connectivity index is 2.43. The minimum atomic E-state index is 0.509. The fourth-order valence-corrected chi connectivity index (χ4v) is 3.05. The molecule has 0 amide bonds. The smallest absolute Gasteiger partial charge is 0.124 e. The van der Waals surface area contributed by atoms with Crippen LogP contribution in [0.4, 0.5) is 0 Å². The average Bonchev–Trinajstić information content (AvgIpc) is 2.90. The SMILES string of the molecule is CNCc1sc(-c2cc(OC)cc(OC)c2)nc1COC. The number of benzene rings is 1. The molecule has 0 spiro atoms. The third kappa shape index (κ3) is 3.72. The number of hydrogen-bond donors (Lipinski definition) is 1. The molecule has 0 aliphatic heterocycles. The van der Waals surface area contributed by atoms with E-state index in [0.717, 1.165) is 34.3 Å². The molecule has 0 saturated carbocycles. The van der Waals surface area contributed by atoms with E-state index < -0.39 is 0 Å². The zero-order chi connectivity index (χ0) is 15.2. The van der Waals surface area contributed by atoms with Crippen molar-refractivity contribution in [3.8, 4) is 22.1 Å². The average molecular weight is 308 g/mol. The van der Waals surface area contributed by atoms with Gasteiger partial charge in [-0.3, -0.25) is 0 Å². The van der Waals surface area contributed by atoms with Gasteiger partial charge in [0.05, 0.1) is 26.5 Å². The van der Waals surface area contributed by atoms with Crippen LogP contribution in [0.15, 0.2) is 18.2 Å². The number of aromatic nitrogens is 1. The Kier molecular flexibility index (Phi) is 5.55. The second-order valence-electron chi connectivity index (χ2n) is 4.45. The van der Waals surface area contributed by atoms with Crippen LogP contribution < -0.4 is 14.8 Å². The van der Waals surface area contributed by atoms with Crippen LogP contribution in [0.25, 0.3) is 10.6 Å². The first-order valence-electron chi connectivity index (χ1n) is 6.57. The van der Waals surface area contributed by atoms with Gasteiger partial charge in [0.1, 0.15) is 16.5 Å². The summed E-state index contributed by atoms with van der Waals surface area (Å²) in [7, 11) is 6.88. The van der Waals surface area contributed by atoms with E-state index in [9.17, 15) is 0 Å². The van der Waals surface area contributed by atoms with Crippen LogP contribution >= 0.6 is 11.3 Å². The normalized spacial score (nSPS) is 10.7. The minimum absolute atomic E-state index is 0.509. The lowest BCUT2D eigenvalue weighted by Gasteiger charge is -2.06. The highest BCUT2D eigenvalue weighted by atomic mass is 32.1. The third-order valence-electron chi connectivity index (χ3n) is 3.00. The van der Waals surface area contributed by atoms with Crippen LogP contribution in [0, 0.1) is 0 Å².